The lowest BCUT2D eigenvalue weighted by Gasteiger charge is -2.33. The molecule has 0 unspecified atom stereocenters. The van der Waals surface area contributed by atoms with Gasteiger partial charge in [-0.2, -0.15) is 0 Å². The van der Waals surface area contributed by atoms with E-state index in [1.807, 2.05) is 0 Å². The molecule has 0 radical (unpaired) electrons. The van der Waals surface area contributed by atoms with Crippen molar-refractivity contribution in [1.82, 2.24) is 40.9 Å². The summed E-state index contributed by atoms with van der Waals surface area (Å²) >= 11 is 0. The number of carbonyl (C=O) groups is 8. The van der Waals surface area contributed by atoms with Crippen molar-refractivity contribution in [2.75, 3.05) is 105 Å². The summed E-state index contributed by atoms with van der Waals surface area (Å²) in [6.45, 7) is 4.35. The van der Waals surface area contributed by atoms with Crippen LogP contribution in [0.3, 0.4) is 0 Å². The molecule has 0 aromatic rings. The Morgan fingerprint density at radius 2 is 0.691 bits per heavy atom. The fourth-order valence-corrected chi connectivity index (χ4v) is 5.72. The molecular formula is C35H62N8O12. The van der Waals surface area contributed by atoms with Crippen LogP contribution in [0.1, 0.15) is 70.6 Å². The van der Waals surface area contributed by atoms with E-state index >= 15 is 0 Å². The molecule has 0 spiro atoms. The van der Waals surface area contributed by atoms with Crippen molar-refractivity contribution in [2.45, 2.75) is 70.6 Å². The zero-order valence-electron chi connectivity index (χ0n) is 31.9. The van der Waals surface area contributed by atoms with E-state index in [4.69, 9.17) is 5.11 Å². The van der Waals surface area contributed by atoms with Gasteiger partial charge in [-0.15, -0.1) is 0 Å². The van der Waals surface area contributed by atoms with Crippen molar-refractivity contribution in [3.05, 3.63) is 0 Å². The maximum Gasteiger partial charge on any atom is 0.317 e. The number of nitrogens with zero attached hydrogens (tertiary/aromatic N) is 4. The first-order chi connectivity index (χ1) is 26.2. The molecule has 0 aromatic carbocycles. The summed E-state index contributed by atoms with van der Waals surface area (Å²) in [6, 6.07) is 0. The molecule has 1 aliphatic rings. The molecule has 314 valence electrons. The Kier molecular flexibility index (Phi) is 26.4. The molecule has 55 heavy (non-hydrogen) atoms. The number of carboxylic acid groups (broad SMARTS) is 4. The minimum atomic E-state index is -1.02. The van der Waals surface area contributed by atoms with E-state index in [1.54, 1.807) is 14.7 Å². The predicted molar refractivity (Wildman–Crippen MR) is 199 cm³/mol. The van der Waals surface area contributed by atoms with Gasteiger partial charge in [0.15, 0.2) is 0 Å². The summed E-state index contributed by atoms with van der Waals surface area (Å²) in [4.78, 5) is 100. The summed E-state index contributed by atoms with van der Waals surface area (Å²) in [5.41, 5.74) is 0. The molecule has 0 atom stereocenters. The molecule has 8 N–H and O–H groups in total. The zero-order chi connectivity index (χ0) is 40.8. The molecule has 1 fully saturated rings. The van der Waals surface area contributed by atoms with E-state index in [-0.39, 0.29) is 81.9 Å². The van der Waals surface area contributed by atoms with Crippen LogP contribution in [0.5, 0.6) is 0 Å². The lowest BCUT2D eigenvalue weighted by atomic mass is 10.2. The van der Waals surface area contributed by atoms with Gasteiger partial charge in [0.2, 0.25) is 23.6 Å². The number of aliphatic carboxylic acids is 4. The second-order valence-electron chi connectivity index (χ2n) is 13.5. The molecule has 1 heterocycles. The molecule has 0 bridgehead atoms. The third kappa shape index (κ3) is 28.7. The quantitative estimate of drug-likeness (QED) is 0.0431. The first-order valence-electron chi connectivity index (χ1n) is 19.1. The minimum absolute atomic E-state index is 0.0550. The van der Waals surface area contributed by atoms with Gasteiger partial charge in [-0.3, -0.25) is 53.1 Å². The van der Waals surface area contributed by atoms with Crippen LogP contribution in [-0.2, 0) is 38.4 Å². The topological polar surface area (TPSA) is 279 Å². The fourth-order valence-electron chi connectivity index (χ4n) is 5.72. The van der Waals surface area contributed by atoms with E-state index in [9.17, 15) is 53.7 Å². The number of rotatable bonds is 27. The average molecular weight is 787 g/mol. The Balaban J connectivity index is 2.29. The number of unbranched alkanes of at least 4 members (excludes halogenated alkanes) is 3. The molecule has 1 saturated heterocycles. The summed E-state index contributed by atoms with van der Waals surface area (Å²) in [5, 5.41) is 47.7. The van der Waals surface area contributed by atoms with Crippen molar-refractivity contribution in [2.24, 2.45) is 0 Å². The summed E-state index contributed by atoms with van der Waals surface area (Å²) in [6.07, 6.45) is 4.22. The van der Waals surface area contributed by atoms with Crippen molar-refractivity contribution in [3.8, 4) is 0 Å². The summed E-state index contributed by atoms with van der Waals surface area (Å²) < 4.78 is 0. The van der Waals surface area contributed by atoms with Gasteiger partial charge in [0.1, 0.15) is 0 Å². The molecule has 1 aliphatic heterocycles. The highest BCUT2D eigenvalue weighted by Gasteiger charge is 2.20. The molecule has 0 aliphatic carbocycles. The van der Waals surface area contributed by atoms with E-state index in [1.165, 1.54) is 0 Å². The highest BCUT2D eigenvalue weighted by atomic mass is 16.4. The Morgan fingerprint density at radius 3 is 1.09 bits per heavy atom. The van der Waals surface area contributed by atoms with E-state index < -0.39 is 23.9 Å². The van der Waals surface area contributed by atoms with E-state index in [0.717, 1.165) is 6.42 Å². The third-order valence-electron chi connectivity index (χ3n) is 8.78. The van der Waals surface area contributed by atoms with E-state index in [0.29, 0.717) is 111 Å². The maximum atomic E-state index is 12.5. The van der Waals surface area contributed by atoms with Gasteiger partial charge >= 0.3 is 23.9 Å². The molecule has 0 aromatic heterocycles. The Morgan fingerprint density at radius 1 is 0.345 bits per heavy atom. The second kappa shape index (κ2) is 29.9. The van der Waals surface area contributed by atoms with Gasteiger partial charge in [-0.1, -0.05) is 0 Å². The number of carbonyl (C=O) groups excluding carboxylic acids is 4. The molecule has 0 saturated carbocycles. The molecular weight excluding hydrogens is 724 g/mol. The first kappa shape index (κ1) is 48.6. The normalized spacial score (nSPS) is 15.2. The number of carboxylic acids is 4. The van der Waals surface area contributed by atoms with Gasteiger partial charge in [0.05, 0.1) is 19.6 Å². The van der Waals surface area contributed by atoms with Crippen molar-refractivity contribution in [3.63, 3.8) is 0 Å². The highest BCUT2D eigenvalue weighted by Crippen LogP contribution is 2.04. The number of amides is 4. The van der Waals surface area contributed by atoms with Crippen molar-refractivity contribution < 1.29 is 58.8 Å². The van der Waals surface area contributed by atoms with Crippen LogP contribution >= 0.6 is 0 Å². The summed E-state index contributed by atoms with van der Waals surface area (Å²) in [7, 11) is 0. The van der Waals surface area contributed by atoms with Crippen LogP contribution in [0.2, 0.25) is 0 Å². The van der Waals surface area contributed by atoms with Gasteiger partial charge in [-0.25, -0.2) is 0 Å². The lowest BCUT2D eigenvalue weighted by Crippen LogP contribution is -2.48. The number of hydrogen-bond donors (Lipinski definition) is 8. The smallest absolute Gasteiger partial charge is 0.317 e. The van der Waals surface area contributed by atoms with Crippen LogP contribution < -0.4 is 21.3 Å². The highest BCUT2D eigenvalue weighted by molar-refractivity contribution is 5.83. The lowest BCUT2D eigenvalue weighted by molar-refractivity contribution is -0.140. The Labute approximate surface area is 322 Å². The average Bonchev–Trinajstić information content (AvgIpc) is 3.10. The summed E-state index contributed by atoms with van der Waals surface area (Å²) in [5.74, 6) is -4.78. The van der Waals surface area contributed by atoms with Crippen molar-refractivity contribution >= 4 is 47.5 Å². The molecule has 20 nitrogen and oxygen atoms in total. The number of nitrogens with one attached hydrogen (secondary N) is 4. The molecule has 4 amide bonds. The fraction of sp³-hybridized carbons (Fsp3) is 0.771. The van der Waals surface area contributed by atoms with Crippen molar-refractivity contribution in [1.29, 1.82) is 0 Å². The van der Waals surface area contributed by atoms with Crippen LogP contribution in [0, 0.1) is 0 Å². The van der Waals surface area contributed by atoms with Crippen LogP contribution in [0.15, 0.2) is 0 Å². The van der Waals surface area contributed by atoms with Gasteiger partial charge in [0.25, 0.3) is 0 Å². The second-order valence-corrected chi connectivity index (χ2v) is 13.5. The predicted octanol–water partition coefficient (Wildman–Crippen LogP) is -1.70. The SMILES string of the molecule is O=C(O)CCCCNC(=O)CCC(=O)NCCCCCNC(=O)CCNC(=O)CCCN1CCN(CC(=O)O)CCN(CC(=O)O)CCN(CC(=O)O)CC1. The minimum Gasteiger partial charge on any atom is -0.481 e. The zero-order valence-corrected chi connectivity index (χ0v) is 31.9. The number of hydrogen-bond acceptors (Lipinski definition) is 12. The molecule has 1 rings (SSSR count). The van der Waals surface area contributed by atoms with Gasteiger partial charge in [0, 0.05) is 111 Å². The largest absolute Gasteiger partial charge is 0.481 e. The van der Waals surface area contributed by atoms with Crippen LogP contribution in [-0.4, -0.2) is 192 Å². The first-order valence-corrected chi connectivity index (χ1v) is 19.1. The maximum absolute atomic E-state index is 12.5. The van der Waals surface area contributed by atoms with Crippen LogP contribution in [0.25, 0.3) is 0 Å². The Hall–Kier alpha value is -4.40. The third-order valence-corrected chi connectivity index (χ3v) is 8.78. The van der Waals surface area contributed by atoms with Crippen LogP contribution in [0.4, 0.5) is 0 Å². The molecule has 20 heteroatoms. The van der Waals surface area contributed by atoms with E-state index in [2.05, 4.69) is 26.2 Å². The van der Waals surface area contributed by atoms with Gasteiger partial charge in [-0.05, 0) is 45.1 Å². The monoisotopic (exact) mass is 786 g/mol. The van der Waals surface area contributed by atoms with Gasteiger partial charge < -0.3 is 46.6 Å². The standard InChI is InChI=1S/C35H62N8O12/c44-28(39-15-11-31(47)38-13-4-1-3-12-36-29(45)9-10-30(46)37-14-5-2-8-32(48)49)7-6-16-40-17-19-41(25-33(50)51)21-23-43(27-35(54)55)24-22-42(20-18-40)26-34(52)53/h1-27H2,(H,36,45)(H,37,46)(H,38,47)(H,39,44)(H,48,49)(H,50,51)(H,52,53)(H,54,55). The Bertz CT molecular complexity index is 1190.